The van der Waals surface area contributed by atoms with Crippen LogP contribution in [0, 0.1) is 6.92 Å². The highest BCUT2D eigenvalue weighted by Gasteiger charge is 2.07. The SMILES string of the molecule is C=C(C)C(=O)OCCOc1ccc(C(=O)Nc2ccc(N)c(C)c2)cc1. The number of esters is 1. The molecule has 0 heterocycles. The minimum absolute atomic E-state index is 0.129. The molecule has 26 heavy (non-hydrogen) atoms. The minimum atomic E-state index is -0.446. The van der Waals surface area contributed by atoms with E-state index in [1.165, 1.54) is 0 Å². The van der Waals surface area contributed by atoms with E-state index < -0.39 is 5.97 Å². The van der Waals surface area contributed by atoms with Crippen molar-refractivity contribution < 1.29 is 19.1 Å². The number of aryl methyl sites for hydroxylation is 1. The summed E-state index contributed by atoms with van der Waals surface area (Å²) in [7, 11) is 0. The fourth-order valence-electron chi connectivity index (χ4n) is 2.08. The van der Waals surface area contributed by atoms with E-state index in [-0.39, 0.29) is 19.1 Å². The van der Waals surface area contributed by atoms with Crippen LogP contribution in [0.5, 0.6) is 5.75 Å². The molecule has 6 nitrogen and oxygen atoms in total. The van der Waals surface area contributed by atoms with Gasteiger partial charge in [-0.15, -0.1) is 0 Å². The second-order valence-electron chi connectivity index (χ2n) is 5.81. The van der Waals surface area contributed by atoms with Crippen LogP contribution in [0.15, 0.2) is 54.6 Å². The Kier molecular flexibility index (Phi) is 6.38. The number of carbonyl (C=O) groups is 2. The number of ether oxygens (including phenoxy) is 2. The van der Waals surface area contributed by atoms with Gasteiger partial charge in [0.1, 0.15) is 19.0 Å². The number of nitrogens with one attached hydrogen (secondary N) is 1. The Morgan fingerprint density at radius 2 is 1.81 bits per heavy atom. The van der Waals surface area contributed by atoms with Crippen LogP contribution in [0.25, 0.3) is 0 Å². The van der Waals surface area contributed by atoms with E-state index >= 15 is 0 Å². The summed E-state index contributed by atoms with van der Waals surface area (Å²) in [6.07, 6.45) is 0. The maximum absolute atomic E-state index is 12.3. The van der Waals surface area contributed by atoms with Crippen molar-refractivity contribution in [2.24, 2.45) is 0 Å². The summed E-state index contributed by atoms with van der Waals surface area (Å²) < 4.78 is 10.4. The van der Waals surface area contributed by atoms with E-state index in [0.717, 1.165) is 5.56 Å². The summed E-state index contributed by atoms with van der Waals surface area (Å²) in [4.78, 5) is 23.5. The highest BCUT2D eigenvalue weighted by Crippen LogP contribution is 2.18. The Hall–Kier alpha value is -3.28. The third-order valence-corrected chi connectivity index (χ3v) is 3.58. The van der Waals surface area contributed by atoms with E-state index in [4.69, 9.17) is 15.2 Å². The van der Waals surface area contributed by atoms with Crippen LogP contribution in [-0.4, -0.2) is 25.1 Å². The Labute approximate surface area is 152 Å². The number of anilines is 2. The molecule has 0 aliphatic heterocycles. The molecule has 136 valence electrons. The number of nitrogens with two attached hydrogens (primary N) is 1. The largest absolute Gasteiger partial charge is 0.490 e. The number of hydrogen-bond donors (Lipinski definition) is 2. The Morgan fingerprint density at radius 1 is 1.12 bits per heavy atom. The van der Waals surface area contributed by atoms with Gasteiger partial charge in [0.05, 0.1) is 0 Å². The van der Waals surface area contributed by atoms with Crippen molar-refractivity contribution >= 4 is 23.3 Å². The second-order valence-corrected chi connectivity index (χ2v) is 5.81. The number of benzene rings is 2. The van der Waals surface area contributed by atoms with E-state index in [0.29, 0.717) is 28.3 Å². The summed E-state index contributed by atoms with van der Waals surface area (Å²) in [5, 5.41) is 2.82. The Morgan fingerprint density at radius 3 is 2.42 bits per heavy atom. The fraction of sp³-hybridized carbons (Fsp3) is 0.200. The van der Waals surface area contributed by atoms with Crippen molar-refractivity contribution in [1.82, 2.24) is 0 Å². The molecular weight excluding hydrogens is 332 g/mol. The molecule has 0 atom stereocenters. The molecule has 0 saturated carbocycles. The van der Waals surface area contributed by atoms with Gasteiger partial charge >= 0.3 is 5.97 Å². The summed E-state index contributed by atoms with van der Waals surface area (Å²) in [6, 6.07) is 12.0. The molecule has 0 fully saturated rings. The summed E-state index contributed by atoms with van der Waals surface area (Å²) >= 11 is 0. The average molecular weight is 354 g/mol. The zero-order valence-electron chi connectivity index (χ0n) is 14.9. The van der Waals surface area contributed by atoms with Crippen LogP contribution < -0.4 is 15.8 Å². The van der Waals surface area contributed by atoms with Crippen molar-refractivity contribution in [3.63, 3.8) is 0 Å². The predicted octanol–water partition coefficient (Wildman–Crippen LogP) is 3.33. The second kappa shape index (κ2) is 8.71. The van der Waals surface area contributed by atoms with Crippen LogP contribution in [0.4, 0.5) is 11.4 Å². The lowest BCUT2D eigenvalue weighted by Gasteiger charge is -2.09. The van der Waals surface area contributed by atoms with E-state index in [2.05, 4.69) is 11.9 Å². The van der Waals surface area contributed by atoms with Gasteiger partial charge in [-0.05, 0) is 61.9 Å². The number of amides is 1. The lowest BCUT2D eigenvalue weighted by Crippen LogP contribution is -2.13. The van der Waals surface area contributed by atoms with Gasteiger partial charge in [-0.2, -0.15) is 0 Å². The smallest absolute Gasteiger partial charge is 0.333 e. The topological polar surface area (TPSA) is 90.6 Å². The van der Waals surface area contributed by atoms with Gasteiger partial charge in [0, 0.05) is 22.5 Å². The molecule has 0 saturated heterocycles. The molecule has 0 aromatic heterocycles. The van der Waals surface area contributed by atoms with E-state index in [1.54, 1.807) is 43.3 Å². The maximum Gasteiger partial charge on any atom is 0.333 e. The zero-order chi connectivity index (χ0) is 19.1. The van der Waals surface area contributed by atoms with Gasteiger partial charge in [0.2, 0.25) is 0 Å². The molecule has 0 unspecified atom stereocenters. The quantitative estimate of drug-likeness (QED) is 0.344. The highest BCUT2D eigenvalue weighted by molar-refractivity contribution is 6.04. The van der Waals surface area contributed by atoms with Crippen molar-refractivity contribution in [3.05, 3.63) is 65.7 Å². The molecule has 2 rings (SSSR count). The van der Waals surface area contributed by atoms with Gasteiger partial charge in [-0.1, -0.05) is 6.58 Å². The number of nitrogen functional groups attached to an aromatic ring is 1. The molecule has 3 N–H and O–H groups in total. The molecule has 2 aromatic carbocycles. The van der Waals surface area contributed by atoms with Crippen molar-refractivity contribution in [3.8, 4) is 5.75 Å². The van der Waals surface area contributed by atoms with E-state index in [9.17, 15) is 9.59 Å². The molecular formula is C20H22N2O4. The minimum Gasteiger partial charge on any atom is -0.490 e. The lowest BCUT2D eigenvalue weighted by atomic mass is 10.1. The van der Waals surface area contributed by atoms with E-state index in [1.807, 2.05) is 13.0 Å². The number of rotatable bonds is 7. The zero-order valence-corrected chi connectivity index (χ0v) is 14.9. The van der Waals surface area contributed by atoms with Gasteiger partial charge in [0.25, 0.3) is 5.91 Å². The highest BCUT2D eigenvalue weighted by atomic mass is 16.6. The Balaban J connectivity index is 1.86. The van der Waals surface area contributed by atoms with Crippen molar-refractivity contribution in [2.45, 2.75) is 13.8 Å². The first-order chi connectivity index (χ1) is 12.4. The molecule has 0 radical (unpaired) electrons. The summed E-state index contributed by atoms with van der Waals surface area (Å²) in [6.45, 7) is 7.31. The van der Waals surface area contributed by atoms with Crippen LogP contribution in [0.2, 0.25) is 0 Å². The Bertz CT molecular complexity index is 813. The van der Waals surface area contributed by atoms with Crippen LogP contribution in [0.1, 0.15) is 22.8 Å². The standard InChI is InChI=1S/C20H22N2O4/c1-13(2)20(24)26-11-10-25-17-7-4-15(5-8-17)19(23)22-16-6-9-18(21)14(3)12-16/h4-9,12H,1,10-11,21H2,2-3H3,(H,22,23). The third-order valence-electron chi connectivity index (χ3n) is 3.58. The molecule has 0 bridgehead atoms. The predicted molar refractivity (Wildman–Crippen MR) is 101 cm³/mol. The van der Waals surface area contributed by atoms with Gasteiger partial charge < -0.3 is 20.5 Å². The van der Waals surface area contributed by atoms with Gasteiger partial charge in [0.15, 0.2) is 0 Å². The van der Waals surface area contributed by atoms with Crippen molar-refractivity contribution in [1.29, 1.82) is 0 Å². The van der Waals surface area contributed by atoms with Crippen molar-refractivity contribution in [2.75, 3.05) is 24.3 Å². The maximum atomic E-state index is 12.3. The summed E-state index contributed by atoms with van der Waals surface area (Å²) in [5.41, 5.74) is 8.88. The van der Waals surface area contributed by atoms with Crippen LogP contribution in [-0.2, 0) is 9.53 Å². The fourth-order valence-corrected chi connectivity index (χ4v) is 2.08. The monoisotopic (exact) mass is 354 g/mol. The van der Waals surface area contributed by atoms with Gasteiger partial charge in [-0.3, -0.25) is 4.79 Å². The first-order valence-electron chi connectivity index (χ1n) is 8.10. The number of hydrogen-bond acceptors (Lipinski definition) is 5. The molecule has 6 heteroatoms. The number of carbonyl (C=O) groups excluding carboxylic acids is 2. The van der Waals surface area contributed by atoms with Crippen LogP contribution >= 0.6 is 0 Å². The molecule has 0 aliphatic carbocycles. The molecule has 2 aromatic rings. The molecule has 0 aliphatic rings. The first kappa shape index (κ1) is 19.1. The lowest BCUT2D eigenvalue weighted by molar-refractivity contribution is -0.139. The first-order valence-corrected chi connectivity index (χ1v) is 8.10. The average Bonchev–Trinajstić information content (AvgIpc) is 2.62. The molecule has 0 spiro atoms. The normalized spacial score (nSPS) is 10.1. The summed E-state index contributed by atoms with van der Waals surface area (Å²) in [5.74, 6) is -0.0918. The third kappa shape index (κ3) is 5.37. The molecule has 1 amide bonds. The van der Waals surface area contributed by atoms with Gasteiger partial charge in [-0.25, -0.2) is 4.79 Å². The van der Waals surface area contributed by atoms with Crippen LogP contribution in [0.3, 0.4) is 0 Å².